The zero-order valence-corrected chi connectivity index (χ0v) is 20.0. The van der Waals surface area contributed by atoms with Gasteiger partial charge in [-0.3, -0.25) is 9.52 Å². The van der Waals surface area contributed by atoms with Crippen LogP contribution in [0.2, 0.25) is 0 Å². The Morgan fingerprint density at radius 1 is 1.24 bits per heavy atom. The van der Waals surface area contributed by atoms with Gasteiger partial charge in [0.2, 0.25) is 5.91 Å². The summed E-state index contributed by atoms with van der Waals surface area (Å²) >= 11 is 0. The zero-order valence-electron chi connectivity index (χ0n) is 19.2. The molecule has 3 N–H and O–H groups in total. The molecule has 0 aliphatic carbocycles. The Balaban J connectivity index is 1.54. The molecule has 10 heteroatoms. The number of carbonyl (C=O) groups is 1. The second-order valence-corrected chi connectivity index (χ2v) is 10.2. The second kappa shape index (κ2) is 10.2. The predicted molar refractivity (Wildman–Crippen MR) is 126 cm³/mol. The van der Waals surface area contributed by atoms with Crippen molar-refractivity contribution in [1.29, 1.82) is 0 Å². The first kappa shape index (κ1) is 24.3. The van der Waals surface area contributed by atoms with Crippen molar-refractivity contribution in [2.45, 2.75) is 55.3 Å². The Bertz CT molecular complexity index is 1140. The number of aliphatic hydroxyl groups excluding tert-OH is 1. The summed E-state index contributed by atoms with van der Waals surface area (Å²) in [4.78, 5) is 12.3. The standard InChI is InChI=1S/C24H30N2O7S/c1-3-9-25-23(28)13-17-12-20-19-10-15(7-8-21(19)33-24(20)22(14-27)32-17)26-34(29,30)18-6-4-5-16(11-18)31-2/h4-8,10-11,17,20,22,24,26-27H,3,9,12-14H2,1-2H3,(H,25,28)/t17-,20+,22+,24-/m1/s1. The molecule has 1 fully saturated rings. The lowest BCUT2D eigenvalue weighted by atomic mass is 9.84. The monoisotopic (exact) mass is 490 g/mol. The van der Waals surface area contributed by atoms with Gasteiger partial charge in [-0.25, -0.2) is 8.42 Å². The molecule has 2 aromatic carbocycles. The first-order chi connectivity index (χ1) is 16.3. The molecule has 0 bridgehead atoms. The molecule has 184 valence electrons. The summed E-state index contributed by atoms with van der Waals surface area (Å²) in [6.45, 7) is 2.35. The summed E-state index contributed by atoms with van der Waals surface area (Å²) < 4.78 is 45.6. The Morgan fingerprint density at radius 2 is 2.06 bits per heavy atom. The smallest absolute Gasteiger partial charge is 0.262 e. The fraction of sp³-hybridized carbons (Fsp3) is 0.458. The highest BCUT2D eigenvalue weighted by Gasteiger charge is 2.46. The molecule has 1 amide bonds. The van der Waals surface area contributed by atoms with Crippen molar-refractivity contribution >= 4 is 21.6 Å². The zero-order chi connectivity index (χ0) is 24.3. The Morgan fingerprint density at radius 3 is 2.79 bits per heavy atom. The number of hydrogen-bond acceptors (Lipinski definition) is 7. The van der Waals surface area contributed by atoms with Crippen LogP contribution in [0, 0.1) is 0 Å². The summed E-state index contributed by atoms with van der Waals surface area (Å²) in [6, 6.07) is 11.3. The van der Waals surface area contributed by atoms with E-state index >= 15 is 0 Å². The summed E-state index contributed by atoms with van der Waals surface area (Å²) in [5.74, 6) is 0.837. The number of carbonyl (C=O) groups excluding carboxylic acids is 1. The van der Waals surface area contributed by atoms with E-state index < -0.39 is 22.2 Å². The molecule has 0 saturated carbocycles. The minimum atomic E-state index is -3.83. The summed E-state index contributed by atoms with van der Waals surface area (Å²) in [7, 11) is -2.36. The lowest BCUT2D eigenvalue weighted by Crippen LogP contribution is -2.47. The normalized spacial score (nSPS) is 23.4. The van der Waals surface area contributed by atoms with E-state index in [0.29, 0.717) is 30.2 Å². The molecule has 2 aromatic rings. The molecular weight excluding hydrogens is 460 g/mol. The van der Waals surface area contributed by atoms with Gasteiger partial charge in [0, 0.05) is 29.8 Å². The van der Waals surface area contributed by atoms with Crippen molar-refractivity contribution in [2.24, 2.45) is 0 Å². The molecule has 2 aliphatic rings. The molecule has 1 saturated heterocycles. The van der Waals surface area contributed by atoms with Crippen LogP contribution >= 0.6 is 0 Å². The van der Waals surface area contributed by atoms with Crippen molar-refractivity contribution in [1.82, 2.24) is 5.32 Å². The molecule has 0 spiro atoms. The van der Waals surface area contributed by atoms with Crippen LogP contribution in [0.3, 0.4) is 0 Å². The van der Waals surface area contributed by atoms with E-state index in [1.54, 1.807) is 30.3 Å². The quantitative estimate of drug-likeness (QED) is 0.493. The lowest BCUT2D eigenvalue weighted by Gasteiger charge is -2.37. The molecule has 0 aromatic heterocycles. The highest BCUT2D eigenvalue weighted by molar-refractivity contribution is 7.92. The molecular formula is C24H30N2O7S. The minimum absolute atomic E-state index is 0.0889. The first-order valence-corrected chi connectivity index (χ1v) is 12.8. The van der Waals surface area contributed by atoms with Gasteiger partial charge in [-0.1, -0.05) is 13.0 Å². The minimum Gasteiger partial charge on any atom is -0.497 e. The van der Waals surface area contributed by atoms with E-state index in [9.17, 15) is 18.3 Å². The van der Waals surface area contributed by atoms with Gasteiger partial charge in [0.25, 0.3) is 10.0 Å². The molecule has 0 radical (unpaired) electrons. The molecule has 34 heavy (non-hydrogen) atoms. The van der Waals surface area contributed by atoms with E-state index in [1.165, 1.54) is 19.2 Å². The second-order valence-electron chi connectivity index (χ2n) is 8.49. The van der Waals surface area contributed by atoms with Crippen molar-refractivity contribution in [3.05, 3.63) is 48.0 Å². The van der Waals surface area contributed by atoms with Gasteiger partial charge in [-0.15, -0.1) is 0 Å². The van der Waals surface area contributed by atoms with Gasteiger partial charge in [0.15, 0.2) is 0 Å². The van der Waals surface area contributed by atoms with Crippen molar-refractivity contribution in [2.75, 3.05) is 25.0 Å². The number of nitrogens with one attached hydrogen (secondary N) is 2. The Labute approximate surface area is 199 Å². The van der Waals surface area contributed by atoms with Crippen molar-refractivity contribution in [3.8, 4) is 11.5 Å². The number of sulfonamides is 1. The number of aliphatic hydroxyl groups is 1. The summed E-state index contributed by atoms with van der Waals surface area (Å²) in [6.07, 6.45) is 0.211. The maximum absolute atomic E-state index is 12.9. The summed E-state index contributed by atoms with van der Waals surface area (Å²) in [5.41, 5.74) is 1.23. The molecule has 4 rings (SSSR count). The van der Waals surface area contributed by atoms with E-state index in [4.69, 9.17) is 14.2 Å². The number of rotatable bonds is 9. The third-order valence-corrected chi connectivity index (χ3v) is 7.47. The maximum atomic E-state index is 12.9. The molecule has 0 unspecified atom stereocenters. The third-order valence-electron chi connectivity index (χ3n) is 6.09. The van der Waals surface area contributed by atoms with Gasteiger partial charge in [-0.2, -0.15) is 0 Å². The van der Waals surface area contributed by atoms with Gasteiger partial charge in [-0.05, 0) is 43.2 Å². The first-order valence-electron chi connectivity index (χ1n) is 11.3. The van der Waals surface area contributed by atoms with Crippen LogP contribution in [0.25, 0.3) is 0 Å². The van der Waals surface area contributed by atoms with E-state index in [1.807, 2.05) is 6.92 Å². The number of ether oxygens (including phenoxy) is 3. The topological polar surface area (TPSA) is 123 Å². The average Bonchev–Trinajstić information content (AvgIpc) is 3.20. The number of anilines is 1. The van der Waals surface area contributed by atoms with Gasteiger partial charge in [0.1, 0.15) is 23.7 Å². The molecule has 2 heterocycles. The van der Waals surface area contributed by atoms with Crippen LogP contribution in [0.1, 0.15) is 37.7 Å². The van der Waals surface area contributed by atoms with Crippen LogP contribution in [-0.4, -0.2) is 58.0 Å². The van der Waals surface area contributed by atoms with Gasteiger partial charge in [0.05, 0.1) is 31.1 Å². The predicted octanol–water partition coefficient (Wildman–Crippen LogP) is 2.41. The number of methoxy groups -OCH3 is 1. The number of benzene rings is 2. The molecule has 2 aliphatic heterocycles. The number of amides is 1. The van der Waals surface area contributed by atoms with Crippen LogP contribution in [-0.2, 0) is 19.6 Å². The van der Waals surface area contributed by atoms with Crippen LogP contribution in [0.15, 0.2) is 47.4 Å². The third kappa shape index (κ3) is 5.13. The summed E-state index contributed by atoms with van der Waals surface area (Å²) in [5, 5.41) is 12.7. The fourth-order valence-corrected chi connectivity index (χ4v) is 5.56. The Kier molecular flexibility index (Phi) is 7.30. The maximum Gasteiger partial charge on any atom is 0.262 e. The SMILES string of the molecule is CCCNC(=O)C[C@H]1C[C@H]2c3cc(NS(=O)(=O)c4cccc(OC)c4)ccc3O[C@H]2[C@H](CO)O1. The van der Waals surface area contributed by atoms with Crippen LogP contribution in [0.4, 0.5) is 5.69 Å². The lowest BCUT2D eigenvalue weighted by molar-refractivity contribution is -0.142. The van der Waals surface area contributed by atoms with Crippen molar-refractivity contribution in [3.63, 3.8) is 0 Å². The Hall–Kier alpha value is -2.82. The number of hydrogen-bond donors (Lipinski definition) is 3. The van der Waals surface area contributed by atoms with Gasteiger partial charge < -0.3 is 24.6 Å². The molecule has 4 atom stereocenters. The average molecular weight is 491 g/mol. The fourth-order valence-electron chi connectivity index (χ4n) is 4.48. The highest BCUT2D eigenvalue weighted by atomic mass is 32.2. The van der Waals surface area contributed by atoms with Crippen molar-refractivity contribution < 1.29 is 32.5 Å². The largest absolute Gasteiger partial charge is 0.497 e. The van der Waals surface area contributed by atoms with E-state index in [2.05, 4.69) is 10.0 Å². The van der Waals surface area contributed by atoms with E-state index in [0.717, 1.165) is 12.0 Å². The highest BCUT2D eigenvalue weighted by Crippen LogP contribution is 2.47. The molecule has 9 nitrogen and oxygen atoms in total. The van der Waals surface area contributed by atoms with E-state index in [-0.39, 0.29) is 35.9 Å². The van der Waals surface area contributed by atoms with Crippen LogP contribution in [0.5, 0.6) is 11.5 Å². The van der Waals surface area contributed by atoms with Gasteiger partial charge >= 0.3 is 0 Å². The van der Waals surface area contributed by atoms with Crippen LogP contribution < -0.4 is 19.5 Å². The number of fused-ring (bicyclic) bond motifs is 3.